The van der Waals surface area contributed by atoms with E-state index in [0.29, 0.717) is 15.1 Å². The Morgan fingerprint density at radius 2 is 2.35 bits per heavy atom. The van der Waals surface area contributed by atoms with Crippen LogP contribution in [0.1, 0.15) is 23.7 Å². The molecule has 0 saturated heterocycles. The van der Waals surface area contributed by atoms with Crippen molar-refractivity contribution in [3.63, 3.8) is 0 Å². The van der Waals surface area contributed by atoms with Gasteiger partial charge in [-0.05, 0) is 12.5 Å². The molecule has 1 atom stereocenters. The number of carbonyl (C=O) groups is 1. The van der Waals surface area contributed by atoms with E-state index in [1.807, 2.05) is 0 Å². The Bertz CT molecular complexity index is 447. The number of halogens is 2. The fourth-order valence-corrected chi connectivity index (χ4v) is 2.64. The predicted molar refractivity (Wildman–Crippen MR) is 69.3 cm³/mol. The van der Waals surface area contributed by atoms with Gasteiger partial charge in [0.1, 0.15) is 4.34 Å². The lowest BCUT2D eigenvalue weighted by molar-refractivity contribution is 0.0946. The molecule has 5 nitrogen and oxygen atoms in total. The average Bonchev–Trinajstić information content (AvgIpc) is 2.64. The van der Waals surface area contributed by atoms with Crippen molar-refractivity contribution in [2.45, 2.75) is 19.4 Å². The average molecular weight is 296 g/mol. The maximum atomic E-state index is 11.8. The van der Waals surface area contributed by atoms with Crippen LogP contribution in [0.4, 0.5) is 0 Å². The first-order chi connectivity index (χ1) is 7.99. The molecule has 17 heavy (non-hydrogen) atoms. The molecular weight excluding hydrogens is 285 g/mol. The van der Waals surface area contributed by atoms with Crippen molar-refractivity contribution in [1.82, 2.24) is 5.32 Å². The lowest BCUT2D eigenvalue weighted by atomic mass is 10.2. The Morgan fingerprint density at radius 1 is 1.71 bits per heavy atom. The SMILES string of the molecule is CCC(NC(=O)c1cc(Cl)sc1Cl)/C(N)=N/O. The maximum absolute atomic E-state index is 11.8. The lowest BCUT2D eigenvalue weighted by Gasteiger charge is -2.14. The van der Waals surface area contributed by atoms with Crippen molar-refractivity contribution in [1.29, 1.82) is 0 Å². The van der Waals surface area contributed by atoms with Crippen molar-refractivity contribution in [3.05, 3.63) is 20.3 Å². The maximum Gasteiger partial charge on any atom is 0.254 e. The molecule has 1 aromatic heterocycles. The van der Waals surface area contributed by atoms with E-state index in [0.717, 1.165) is 11.3 Å². The summed E-state index contributed by atoms with van der Waals surface area (Å²) in [5.41, 5.74) is 5.71. The standard InChI is InChI=1S/C9H11Cl2N3O2S/c1-2-5(8(12)14-16)13-9(15)4-3-6(10)17-7(4)11/h3,5,16H,2H2,1H3,(H2,12,14)(H,13,15). The van der Waals surface area contributed by atoms with Crippen molar-refractivity contribution < 1.29 is 10.0 Å². The predicted octanol–water partition coefficient (Wildman–Crippen LogP) is 2.31. The Morgan fingerprint density at radius 3 is 2.76 bits per heavy atom. The zero-order valence-corrected chi connectivity index (χ0v) is 11.2. The molecule has 0 aliphatic heterocycles. The number of nitrogens with zero attached hydrogens (tertiary/aromatic N) is 1. The van der Waals surface area contributed by atoms with Gasteiger partial charge in [0, 0.05) is 0 Å². The minimum Gasteiger partial charge on any atom is -0.409 e. The molecular formula is C9H11Cl2N3O2S. The smallest absolute Gasteiger partial charge is 0.254 e. The van der Waals surface area contributed by atoms with Crippen LogP contribution in [0.15, 0.2) is 11.2 Å². The summed E-state index contributed by atoms with van der Waals surface area (Å²) in [5.74, 6) is -0.463. The Labute approximate surface area is 112 Å². The highest BCUT2D eigenvalue weighted by Crippen LogP contribution is 2.31. The van der Waals surface area contributed by atoms with Gasteiger partial charge in [0.25, 0.3) is 5.91 Å². The van der Waals surface area contributed by atoms with Gasteiger partial charge in [0.15, 0.2) is 5.84 Å². The molecule has 1 amide bonds. The highest BCUT2D eigenvalue weighted by atomic mass is 35.5. The molecule has 1 rings (SSSR count). The number of nitrogens with one attached hydrogen (secondary N) is 1. The first kappa shape index (κ1) is 14.1. The summed E-state index contributed by atoms with van der Waals surface area (Å²) in [6, 6.07) is 0.935. The van der Waals surface area contributed by atoms with Crippen LogP contribution in [-0.2, 0) is 0 Å². The third kappa shape index (κ3) is 3.49. The molecule has 94 valence electrons. The normalized spacial score (nSPS) is 13.5. The number of hydrogen-bond acceptors (Lipinski definition) is 4. The molecule has 1 unspecified atom stereocenters. The van der Waals surface area contributed by atoms with Gasteiger partial charge in [-0.1, -0.05) is 35.3 Å². The minimum absolute atomic E-state index is 0.0571. The molecule has 0 spiro atoms. The number of nitrogens with two attached hydrogens (primary N) is 1. The fourth-order valence-electron chi connectivity index (χ4n) is 1.19. The highest BCUT2D eigenvalue weighted by Gasteiger charge is 2.19. The number of hydrogen-bond donors (Lipinski definition) is 3. The summed E-state index contributed by atoms with van der Waals surface area (Å²) in [6.07, 6.45) is 0.497. The van der Waals surface area contributed by atoms with Crippen LogP contribution >= 0.6 is 34.5 Å². The van der Waals surface area contributed by atoms with E-state index >= 15 is 0 Å². The molecule has 4 N–H and O–H groups in total. The summed E-state index contributed by atoms with van der Waals surface area (Å²) in [6.45, 7) is 1.80. The Balaban J connectivity index is 2.81. The zero-order valence-electron chi connectivity index (χ0n) is 8.91. The summed E-state index contributed by atoms with van der Waals surface area (Å²) in [7, 11) is 0. The number of oxime groups is 1. The molecule has 0 saturated carbocycles. The van der Waals surface area contributed by atoms with Crippen molar-refractivity contribution in [3.8, 4) is 0 Å². The van der Waals surface area contributed by atoms with E-state index in [-0.39, 0.29) is 11.4 Å². The van der Waals surface area contributed by atoms with E-state index in [4.69, 9.17) is 34.1 Å². The molecule has 0 bridgehead atoms. The number of thiophene rings is 1. The molecule has 0 aliphatic rings. The molecule has 0 fully saturated rings. The van der Waals surface area contributed by atoms with Gasteiger partial charge in [-0.15, -0.1) is 11.3 Å². The van der Waals surface area contributed by atoms with Crippen LogP contribution in [0.5, 0.6) is 0 Å². The second-order valence-corrected chi connectivity index (χ2v) is 5.48. The summed E-state index contributed by atoms with van der Waals surface area (Å²) in [5, 5.41) is 14.0. The second-order valence-electron chi connectivity index (χ2n) is 3.20. The van der Waals surface area contributed by atoms with E-state index in [1.165, 1.54) is 6.07 Å². The third-order valence-electron chi connectivity index (χ3n) is 2.09. The Kier molecular flexibility index (Phi) is 5.04. The van der Waals surface area contributed by atoms with Gasteiger partial charge in [-0.2, -0.15) is 0 Å². The van der Waals surface area contributed by atoms with Crippen molar-refractivity contribution >= 4 is 46.3 Å². The third-order valence-corrected chi connectivity index (χ3v) is 3.57. The Hall–Kier alpha value is -0.980. The van der Waals surface area contributed by atoms with E-state index in [9.17, 15) is 4.79 Å². The first-order valence-corrected chi connectivity index (χ1v) is 6.30. The van der Waals surface area contributed by atoms with Gasteiger partial charge in [0.05, 0.1) is 15.9 Å². The number of amides is 1. The molecule has 1 heterocycles. The molecule has 0 aromatic carbocycles. The van der Waals surface area contributed by atoms with E-state index in [2.05, 4.69) is 10.5 Å². The zero-order chi connectivity index (χ0) is 13.0. The van der Waals surface area contributed by atoms with Gasteiger partial charge in [-0.3, -0.25) is 4.79 Å². The van der Waals surface area contributed by atoms with Crippen molar-refractivity contribution in [2.75, 3.05) is 0 Å². The van der Waals surface area contributed by atoms with E-state index in [1.54, 1.807) is 6.92 Å². The van der Waals surface area contributed by atoms with Crippen LogP contribution < -0.4 is 11.1 Å². The molecule has 0 aliphatic carbocycles. The summed E-state index contributed by atoms with van der Waals surface area (Å²) < 4.78 is 0.735. The molecule has 8 heteroatoms. The van der Waals surface area contributed by atoms with Crippen LogP contribution in [0.3, 0.4) is 0 Å². The quantitative estimate of drug-likeness (QED) is 0.345. The minimum atomic E-state index is -0.540. The molecule has 0 radical (unpaired) electrons. The van der Waals surface area contributed by atoms with Gasteiger partial charge >= 0.3 is 0 Å². The van der Waals surface area contributed by atoms with Crippen molar-refractivity contribution in [2.24, 2.45) is 10.9 Å². The monoisotopic (exact) mass is 295 g/mol. The number of rotatable bonds is 4. The highest BCUT2D eigenvalue weighted by molar-refractivity contribution is 7.20. The number of amidine groups is 1. The van der Waals surface area contributed by atoms with Crippen LogP contribution in [0.2, 0.25) is 8.67 Å². The van der Waals surface area contributed by atoms with Crippen LogP contribution in [0.25, 0.3) is 0 Å². The lowest BCUT2D eigenvalue weighted by Crippen LogP contribution is -2.44. The fraction of sp³-hybridized carbons (Fsp3) is 0.333. The van der Waals surface area contributed by atoms with Gasteiger partial charge < -0.3 is 16.3 Å². The topological polar surface area (TPSA) is 87.7 Å². The first-order valence-electron chi connectivity index (χ1n) is 4.72. The van der Waals surface area contributed by atoms with Crippen LogP contribution in [-0.4, -0.2) is 23.0 Å². The number of carbonyl (C=O) groups excluding carboxylic acids is 1. The summed E-state index contributed by atoms with van der Waals surface area (Å²) in [4.78, 5) is 11.8. The van der Waals surface area contributed by atoms with E-state index < -0.39 is 11.9 Å². The largest absolute Gasteiger partial charge is 0.409 e. The second kappa shape index (κ2) is 6.09. The summed E-state index contributed by atoms with van der Waals surface area (Å²) >= 11 is 12.7. The van der Waals surface area contributed by atoms with Crippen LogP contribution in [0, 0.1) is 0 Å². The van der Waals surface area contributed by atoms with Gasteiger partial charge in [-0.25, -0.2) is 0 Å². The molecule has 1 aromatic rings. The van der Waals surface area contributed by atoms with Gasteiger partial charge in [0.2, 0.25) is 0 Å².